The van der Waals surface area contributed by atoms with Crippen molar-refractivity contribution in [2.45, 2.75) is 32.2 Å². The molecule has 0 amide bonds. The number of furan rings is 2. The smallest absolute Gasteiger partial charge is 0.103 e. The maximum atomic E-state index is 5.35. The van der Waals surface area contributed by atoms with Crippen LogP contribution < -0.4 is 5.32 Å². The van der Waals surface area contributed by atoms with Crippen LogP contribution in [0.4, 0.5) is 0 Å². The fourth-order valence-corrected chi connectivity index (χ4v) is 1.92. The molecular formula is C14H19NO2. The van der Waals surface area contributed by atoms with Gasteiger partial charge in [-0.3, -0.25) is 0 Å². The third kappa shape index (κ3) is 3.49. The van der Waals surface area contributed by atoms with E-state index >= 15 is 0 Å². The fourth-order valence-electron chi connectivity index (χ4n) is 1.92. The summed E-state index contributed by atoms with van der Waals surface area (Å²) in [6, 6.07) is 6.32. The van der Waals surface area contributed by atoms with Gasteiger partial charge in [-0.15, -0.1) is 0 Å². The van der Waals surface area contributed by atoms with Gasteiger partial charge in [0.2, 0.25) is 0 Å². The maximum Gasteiger partial charge on any atom is 0.103 e. The summed E-state index contributed by atoms with van der Waals surface area (Å²) in [6.07, 6.45) is 8.36. The summed E-state index contributed by atoms with van der Waals surface area (Å²) in [5.74, 6) is 1.04. The van der Waals surface area contributed by atoms with Gasteiger partial charge in [0.1, 0.15) is 5.76 Å². The summed E-state index contributed by atoms with van der Waals surface area (Å²) < 4.78 is 10.5. The number of hydrogen-bond donors (Lipinski definition) is 1. The standard InChI is InChI=1S/C14H19NO2/c1-2-8-15-14(12-7-10-16-11-12)6-5-13-4-3-9-17-13/h3-4,7,9-11,14-15H,2,5-6,8H2,1H3. The average molecular weight is 233 g/mol. The Kier molecular flexibility index (Phi) is 4.45. The molecule has 0 aliphatic heterocycles. The zero-order valence-electron chi connectivity index (χ0n) is 10.2. The lowest BCUT2D eigenvalue weighted by Crippen LogP contribution is -2.22. The van der Waals surface area contributed by atoms with Gasteiger partial charge in [-0.1, -0.05) is 6.92 Å². The zero-order chi connectivity index (χ0) is 11.9. The van der Waals surface area contributed by atoms with Crippen LogP contribution >= 0.6 is 0 Å². The molecule has 0 saturated heterocycles. The van der Waals surface area contributed by atoms with Gasteiger partial charge < -0.3 is 14.2 Å². The van der Waals surface area contributed by atoms with E-state index in [0.29, 0.717) is 6.04 Å². The van der Waals surface area contributed by atoms with Crippen molar-refractivity contribution >= 4 is 0 Å². The highest BCUT2D eigenvalue weighted by Gasteiger charge is 2.12. The van der Waals surface area contributed by atoms with E-state index in [4.69, 9.17) is 8.83 Å². The Balaban J connectivity index is 1.91. The number of aryl methyl sites for hydroxylation is 1. The van der Waals surface area contributed by atoms with Crippen molar-refractivity contribution in [2.75, 3.05) is 6.54 Å². The van der Waals surface area contributed by atoms with Gasteiger partial charge in [0.15, 0.2) is 0 Å². The molecular weight excluding hydrogens is 214 g/mol. The van der Waals surface area contributed by atoms with E-state index in [2.05, 4.69) is 12.2 Å². The topological polar surface area (TPSA) is 38.3 Å². The molecule has 2 rings (SSSR count). The van der Waals surface area contributed by atoms with Crippen molar-refractivity contribution in [3.63, 3.8) is 0 Å². The summed E-state index contributed by atoms with van der Waals surface area (Å²) in [5, 5.41) is 3.53. The van der Waals surface area contributed by atoms with Crippen LogP contribution in [0.3, 0.4) is 0 Å². The molecule has 0 spiro atoms. The summed E-state index contributed by atoms with van der Waals surface area (Å²) in [7, 11) is 0. The van der Waals surface area contributed by atoms with Crippen LogP contribution in [0, 0.1) is 0 Å². The van der Waals surface area contributed by atoms with E-state index in [1.54, 1.807) is 12.5 Å². The molecule has 0 bridgehead atoms. The molecule has 1 atom stereocenters. The van der Waals surface area contributed by atoms with Gasteiger partial charge >= 0.3 is 0 Å². The Labute approximate surface area is 102 Å². The van der Waals surface area contributed by atoms with Gasteiger partial charge in [0.05, 0.1) is 18.8 Å². The lowest BCUT2D eigenvalue weighted by molar-refractivity contribution is 0.449. The first-order valence-corrected chi connectivity index (χ1v) is 6.18. The molecule has 1 N–H and O–H groups in total. The quantitative estimate of drug-likeness (QED) is 0.794. The highest BCUT2D eigenvalue weighted by atomic mass is 16.3. The van der Waals surface area contributed by atoms with E-state index in [-0.39, 0.29) is 0 Å². The molecule has 3 nitrogen and oxygen atoms in total. The molecule has 2 heterocycles. The van der Waals surface area contributed by atoms with Crippen molar-refractivity contribution in [3.05, 3.63) is 48.3 Å². The van der Waals surface area contributed by atoms with Crippen LogP contribution in [0.25, 0.3) is 0 Å². The second-order valence-corrected chi connectivity index (χ2v) is 4.18. The Bertz CT molecular complexity index is 392. The van der Waals surface area contributed by atoms with Crippen molar-refractivity contribution < 1.29 is 8.83 Å². The van der Waals surface area contributed by atoms with Crippen LogP contribution in [0.1, 0.15) is 37.1 Å². The summed E-state index contributed by atoms with van der Waals surface area (Å²) in [5.41, 5.74) is 1.21. The fraction of sp³-hybridized carbons (Fsp3) is 0.429. The SMILES string of the molecule is CCCNC(CCc1ccco1)c1ccoc1. The van der Waals surface area contributed by atoms with Gasteiger partial charge in [0.25, 0.3) is 0 Å². The number of rotatable bonds is 7. The van der Waals surface area contributed by atoms with E-state index in [0.717, 1.165) is 31.6 Å². The molecule has 2 aromatic heterocycles. The van der Waals surface area contributed by atoms with Crippen LogP contribution in [-0.4, -0.2) is 6.54 Å². The van der Waals surface area contributed by atoms with Crippen molar-refractivity contribution in [3.8, 4) is 0 Å². The van der Waals surface area contributed by atoms with E-state index in [9.17, 15) is 0 Å². The lowest BCUT2D eigenvalue weighted by atomic mass is 10.0. The van der Waals surface area contributed by atoms with Crippen molar-refractivity contribution in [1.29, 1.82) is 0 Å². The predicted molar refractivity (Wildman–Crippen MR) is 66.8 cm³/mol. The van der Waals surface area contributed by atoms with Gasteiger partial charge in [-0.05, 0) is 37.6 Å². The van der Waals surface area contributed by atoms with Crippen LogP contribution in [0.15, 0.2) is 45.8 Å². The minimum absolute atomic E-state index is 0.346. The predicted octanol–water partition coefficient (Wildman–Crippen LogP) is 3.55. The van der Waals surface area contributed by atoms with E-state index in [1.807, 2.05) is 24.5 Å². The molecule has 0 radical (unpaired) electrons. The number of nitrogens with one attached hydrogen (secondary N) is 1. The summed E-state index contributed by atoms with van der Waals surface area (Å²) in [4.78, 5) is 0. The monoisotopic (exact) mass is 233 g/mol. The Morgan fingerprint density at radius 3 is 2.88 bits per heavy atom. The lowest BCUT2D eigenvalue weighted by Gasteiger charge is -2.16. The zero-order valence-corrected chi connectivity index (χ0v) is 10.2. The number of hydrogen-bond acceptors (Lipinski definition) is 3. The Morgan fingerprint density at radius 1 is 1.29 bits per heavy atom. The molecule has 2 aromatic rings. The van der Waals surface area contributed by atoms with Crippen LogP contribution in [0.2, 0.25) is 0 Å². The van der Waals surface area contributed by atoms with Crippen molar-refractivity contribution in [2.24, 2.45) is 0 Å². The molecule has 0 aliphatic rings. The van der Waals surface area contributed by atoms with E-state index in [1.165, 1.54) is 5.56 Å². The largest absolute Gasteiger partial charge is 0.472 e. The molecule has 0 aromatic carbocycles. The molecule has 17 heavy (non-hydrogen) atoms. The normalized spacial score (nSPS) is 12.8. The minimum Gasteiger partial charge on any atom is -0.472 e. The Hall–Kier alpha value is -1.48. The van der Waals surface area contributed by atoms with Crippen molar-refractivity contribution in [1.82, 2.24) is 5.32 Å². The first kappa shape index (κ1) is 12.0. The third-order valence-electron chi connectivity index (χ3n) is 2.85. The first-order chi connectivity index (χ1) is 8.40. The molecule has 1 unspecified atom stereocenters. The highest BCUT2D eigenvalue weighted by molar-refractivity contribution is 5.12. The van der Waals surface area contributed by atoms with Crippen LogP contribution in [-0.2, 0) is 6.42 Å². The second-order valence-electron chi connectivity index (χ2n) is 4.18. The van der Waals surface area contributed by atoms with Gasteiger partial charge in [-0.25, -0.2) is 0 Å². The molecule has 92 valence electrons. The molecule has 0 saturated carbocycles. The average Bonchev–Trinajstić information content (AvgIpc) is 3.01. The third-order valence-corrected chi connectivity index (χ3v) is 2.85. The molecule has 0 aliphatic carbocycles. The van der Waals surface area contributed by atoms with Gasteiger partial charge in [0, 0.05) is 18.0 Å². The minimum atomic E-state index is 0.346. The Morgan fingerprint density at radius 2 is 2.24 bits per heavy atom. The highest BCUT2D eigenvalue weighted by Crippen LogP contribution is 2.19. The maximum absolute atomic E-state index is 5.35. The summed E-state index contributed by atoms with van der Waals surface area (Å²) >= 11 is 0. The first-order valence-electron chi connectivity index (χ1n) is 6.18. The molecule has 3 heteroatoms. The second kappa shape index (κ2) is 6.30. The van der Waals surface area contributed by atoms with Crippen LogP contribution in [0.5, 0.6) is 0 Å². The summed E-state index contributed by atoms with van der Waals surface area (Å²) in [6.45, 7) is 3.19. The molecule has 0 fully saturated rings. The van der Waals surface area contributed by atoms with Gasteiger partial charge in [-0.2, -0.15) is 0 Å². The van der Waals surface area contributed by atoms with E-state index < -0.39 is 0 Å².